The summed E-state index contributed by atoms with van der Waals surface area (Å²) in [6.45, 7) is 1.70. The Morgan fingerprint density at radius 2 is 1.60 bits per heavy atom. The maximum Gasteiger partial charge on any atom is 0.416 e. The molecule has 9 heteroatoms. The number of carbonyl (C=O) groups is 1. The van der Waals surface area contributed by atoms with E-state index in [2.05, 4.69) is 4.98 Å². The van der Waals surface area contributed by atoms with E-state index in [1.54, 1.807) is 40.1 Å². The highest BCUT2D eigenvalue weighted by Gasteiger charge is 2.31. The van der Waals surface area contributed by atoms with Crippen LogP contribution in [0.2, 0.25) is 0 Å². The largest absolute Gasteiger partial charge is 0.416 e. The Morgan fingerprint density at radius 3 is 2.23 bits per heavy atom. The fourth-order valence-electron chi connectivity index (χ4n) is 3.46. The van der Waals surface area contributed by atoms with E-state index in [9.17, 15) is 22.4 Å². The van der Waals surface area contributed by atoms with Crippen LogP contribution >= 0.6 is 0 Å². The topological polar surface area (TPSA) is 41.4 Å². The minimum atomic E-state index is -4.44. The smallest absolute Gasteiger partial charge is 0.338 e. The number of benzene rings is 2. The minimum Gasteiger partial charge on any atom is -0.338 e. The van der Waals surface area contributed by atoms with Gasteiger partial charge >= 0.3 is 6.18 Å². The van der Waals surface area contributed by atoms with Crippen LogP contribution in [0.4, 0.5) is 23.5 Å². The highest BCUT2D eigenvalue weighted by Crippen LogP contribution is 2.29. The second kappa shape index (κ2) is 7.81. The molecule has 30 heavy (non-hydrogen) atoms. The lowest BCUT2D eigenvalue weighted by Crippen LogP contribution is -2.49. The molecule has 0 N–H and O–H groups in total. The highest BCUT2D eigenvalue weighted by atomic mass is 19.4. The number of anilines is 1. The lowest BCUT2D eigenvalue weighted by atomic mass is 10.1. The first-order valence-electron chi connectivity index (χ1n) is 9.34. The normalized spacial score (nSPS) is 14.8. The number of carbonyl (C=O) groups excluding carboxylic acids is 1. The van der Waals surface area contributed by atoms with E-state index in [4.69, 9.17) is 0 Å². The van der Waals surface area contributed by atoms with Crippen LogP contribution in [0.5, 0.6) is 0 Å². The van der Waals surface area contributed by atoms with Crippen molar-refractivity contribution in [2.75, 3.05) is 31.1 Å². The molecular weight excluding hydrogens is 400 g/mol. The van der Waals surface area contributed by atoms with Crippen molar-refractivity contribution in [1.29, 1.82) is 0 Å². The molecule has 1 saturated heterocycles. The lowest BCUT2D eigenvalue weighted by molar-refractivity contribution is -0.137. The van der Waals surface area contributed by atoms with Crippen molar-refractivity contribution in [2.24, 2.45) is 0 Å². The van der Waals surface area contributed by atoms with E-state index in [1.807, 2.05) is 4.90 Å². The van der Waals surface area contributed by atoms with E-state index in [0.717, 1.165) is 12.1 Å². The summed E-state index contributed by atoms with van der Waals surface area (Å²) in [6.07, 6.45) is -1.18. The third kappa shape index (κ3) is 3.87. The van der Waals surface area contributed by atoms with E-state index in [0.29, 0.717) is 37.8 Å². The first-order valence-corrected chi connectivity index (χ1v) is 9.34. The molecule has 1 fully saturated rings. The molecule has 1 aliphatic heterocycles. The predicted molar refractivity (Wildman–Crippen MR) is 103 cm³/mol. The van der Waals surface area contributed by atoms with Gasteiger partial charge in [-0.25, -0.2) is 9.37 Å². The van der Waals surface area contributed by atoms with E-state index < -0.39 is 11.7 Å². The average Bonchev–Trinajstić information content (AvgIpc) is 3.23. The number of piperazine rings is 1. The van der Waals surface area contributed by atoms with Crippen LogP contribution in [0.3, 0.4) is 0 Å². The van der Waals surface area contributed by atoms with Crippen LogP contribution in [0.15, 0.2) is 60.9 Å². The third-order valence-corrected chi connectivity index (χ3v) is 5.04. The Kier molecular flexibility index (Phi) is 5.19. The number of hydrogen-bond donors (Lipinski definition) is 0. The first-order chi connectivity index (χ1) is 14.3. The van der Waals surface area contributed by atoms with Crippen LogP contribution in [-0.4, -0.2) is 46.5 Å². The Balaban J connectivity index is 1.44. The molecule has 0 spiro atoms. The van der Waals surface area contributed by atoms with E-state index >= 15 is 0 Å². The number of rotatable bonds is 3. The quantitative estimate of drug-likeness (QED) is 0.604. The summed E-state index contributed by atoms with van der Waals surface area (Å²) in [4.78, 5) is 20.5. The van der Waals surface area contributed by atoms with E-state index in [1.165, 1.54) is 18.2 Å². The van der Waals surface area contributed by atoms with Gasteiger partial charge in [0, 0.05) is 44.1 Å². The van der Waals surface area contributed by atoms with Gasteiger partial charge < -0.3 is 9.80 Å². The summed E-state index contributed by atoms with van der Waals surface area (Å²) in [5.74, 6) is -0.115. The molecule has 1 aromatic heterocycles. The Hall–Kier alpha value is -3.36. The molecule has 0 saturated carbocycles. The van der Waals surface area contributed by atoms with Gasteiger partial charge in [-0.15, -0.1) is 0 Å². The van der Waals surface area contributed by atoms with Gasteiger partial charge in [0.1, 0.15) is 5.82 Å². The van der Waals surface area contributed by atoms with E-state index in [-0.39, 0.29) is 17.3 Å². The van der Waals surface area contributed by atoms with Crippen LogP contribution in [0.25, 0.3) is 5.69 Å². The Bertz CT molecular complexity index is 1040. The van der Waals surface area contributed by atoms with Crippen molar-refractivity contribution in [3.05, 3.63) is 77.9 Å². The van der Waals surface area contributed by atoms with Crippen LogP contribution in [0.1, 0.15) is 15.9 Å². The molecule has 0 atom stereocenters. The van der Waals surface area contributed by atoms with Crippen LogP contribution in [-0.2, 0) is 6.18 Å². The zero-order valence-electron chi connectivity index (χ0n) is 15.8. The highest BCUT2D eigenvalue weighted by molar-refractivity contribution is 5.94. The van der Waals surface area contributed by atoms with Crippen LogP contribution in [0, 0.1) is 5.82 Å². The van der Waals surface area contributed by atoms with Crippen molar-refractivity contribution in [2.45, 2.75) is 6.18 Å². The fourth-order valence-corrected chi connectivity index (χ4v) is 3.46. The molecule has 2 heterocycles. The van der Waals surface area contributed by atoms with Crippen molar-refractivity contribution in [3.63, 3.8) is 0 Å². The minimum absolute atomic E-state index is 0.212. The second-order valence-electron chi connectivity index (χ2n) is 6.90. The van der Waals surface area contributed by atoms with Gasteiger partial charge in [0.05, 0.1) is 11.3 Å². The van der Waals surface area contributed by atoms with Gasteiger partial charge in [0.2, 0.25) is 5.95 Å². The third-order valence-electron chi connectivity index (χ3n) is 5.04. The average molecular weight is 418 g/mol. The molecular formula is C21H18F4N4O. The van der Waals surface area contributed by atoms with Gasteiger partial charge in [-0.3, -0.25) is 9.36 Å². The number of halogens is 4. The maximum absolute atomic E-state index is 14.2. The summed E-state index contributed by atoms with van der Waals surface area (Å²) < 4.78 is 53.9. The van der Waals surface area contributed by atoms with Gasteiger partial charge in [0.15, 0.2) is 0 Å². The molecule has 0 unspecified atom stereocenters. The van der Waals surface area contributed by atoms with Gasteiger partial charge in [0.25, 0.3) is 5.91 Å². The molecule has 0 bridgehead atoms. The summed E-state index contributed by atoms with van der Waals surface area (Å²) in [7, 11) is 0. The van der Waals surface area contributed by atoms with Gasteiger partial charge in [-0.05, 0) is 36.4 Å². The fraction of sp³-hybridized carbons (Fsp3) is 0.238. The molecule has 1 aliphatic rings. The number of nitrogens with zero attached hydrogens (tertiary/aromatic N) is 4. The summed E-state index contributed by atoms with van der Waals surface area (Å²) in [5, 5.41) is 0. The van der Waals surface area contributed by atoms with Crippen LogP contribution < -0.4 is 4.90 Å². The van der Waals surface area contributed by atoms with Gasteiger partial charge in [-0.2, -0.15) is 13.2 Å². The Morgan fingerprint density at radius 1 is 0.933 bits per heavy atom. The summed E-state index contributed by atoms with van der Waals surface area (Å²) in [5.41, 5.74) is -0.193. The number of aromatic nitrogens is 2. The standard InChI is InChI=1S/C21H18F4N4O/c22-17-3-1-2-4-18(17)29-10-9-26-20(29)28-13-11-27(12-14-28)19(30)15-5-7-16(8-6-15)21(23,24)25/h1-10H,11-14H2. The summed E-state index contributed by atoms with van der Waals surface area (Å²) >= 11 is 0. The lowest BCUT2D eigenvalue weighted by Gasteiger charge is -2.35. The van der Waals surface area contributed by atoms with Gasteiger partial charge in [-0.1, -0.05) is 12.1 Å². The van der Waals surface area contributed by atoms with Crippen molar-refractivity contribution >= 4 is 11.9 Å². The predicted octanol–water partition coefficient (Wildman–Crippen LogP) is 3.99. The number of imidazole rings is 1. The molecule has 4 rings (SSSR count). The van der Waals surface area contributed by atoms with Crippen molar-refractivity contribution < 1.29 is 22.4 Å². The molecule has 0 aliphatic carbocycles. The molecule has 156 valence electrons. The zero-order chi connectivity index (χ0) is 21.3. The van der Waals surface area contributed by atoms with Crippen molar-refractivity contribution in [1.82, 2.24) is 14.5 Å². The first kappa shape index (κ1) is 19.9. The number of amides is 1. The molecule has 2 aromatic carbocycles. The van der Waals surface area contributed by atoms with Crippen molar-refractivity contribution in [3.8, 4) is 5.69 Å². The molecule has 0 radical (unpaired) electrons. The zero-order valence-corrected chi connectivity index (χ0v) is 15.8. The molecule has 5 nitrogen and oxygen atoms in total. The second-order valence-corrected chi connectivity index (χ2v) is 6.90. The number of alkyl halides is 3. The molecule has 1 amide bonds. The molecule has 3 aromatic rings. The maximum atomic E-state index is 14.2. The SMILES string of the molecule is O=C(c1ccc(C(F)(F)F)cc1)N1CCN(c2nccn2-c2ccccc2F)CC1. The number of para-hydroxylation sites is 1. The number of hydrogen-bond acceptors (Lipinski definition) is 3. The summed E-state index contributed by atoms with van der Waals surface area (Å²) in [6, 6.07) is 10.6. The Labute approximate surface area is 170 Å². The monoisotopic (exact) mass is 418 g/mol.